The summed E-state index contributed by atoms with van der Waals surface area (Å²) >= 11 is 1.61. The van der Waals surface area contributed by atoms with Crippen molar-refractivity contribution in [2.45, 2.75) is 51.4 Å². The Morgan fingerprint density at radius 2 is 1.97 bits per heavy atom. The third-order valence-corrected chi connectivity index (χ3v) is 8.02. The SMILES string of the molecule is Cc1ncsc1-c1ccc(CNC(=O)[C@@H]2C[C@@H](O)CN2C(=O)C(C)N2CCc3ccccc32)cc1. The lowest BCUT2D eigenvalue weighted by Crippen LogP contribution is -2.52. The number of amides is 2. The molecule has 8 heteroatoms. The van der Waals surface area contributed by atoms with Crippen molar-refractivity contribution >= 4 is 28.8 Å². The molecule has 0 radical (unpaired) electrons. The highest BCUT2D eigenvalue weighted by molar-refractivity contribution is 7.13. The molecule has 2 aliphatic rings. The van der Waals surface area contributed by atoms with E-state index in [1.807, 2.05) is 61.8 Å². The number of hydrogen-bond acceptors (Lipinski definition) is 6. The minimum atomic E-state index is -0.699. The molecule has 3 heterocycles. The number of fused-ring (bicyclic) bond motifs is 1. The third-order valence-electron chi connectivity index (χ3n) is 7.04. The van der Waals surface area contributed by atoms with Crippen LogP contribution in [0.25, 0.3) is 10.4 Å². The summed E-state index contributed by atoms with van der Waals surface area (Å²) in [6, 6.07) is 15.1. The zero-order chi connectivity index (χ0) is 24.5. The molecule has 1 aromatic heterocycles. The van der Waals surface area contributed by atoms with Gasteiger partial charge in [-0.15, -0.1) is 11.3 Å². The Kier molecular flexibility index (Phi) is 6.58. The molecule has 7 nitrogen and oxygen atoms in total. The molecule has 3 aromatic rings. The molecular weight excluding hydrogens is 460 g/mol. The maximum Gasteiger partial charge on any atom is 0.245 e. The number of aromatic nitrogens is 1. The fraction of sp³-hybridized carbons (Fsp3) is 0.370. The number of nitrogens with one attached hydrogen (secondary N) is 1. The summed E-state index contributed by atoms with van der Waals surface area (Å²) in [5.41, 5.74) is 7.24. The van der Waals surface area contributed by atoms with Crippen molar-refractivity contribution in [3.63, 3.8) is 0 Å². The Hall–Kier alpha value is -3.23. The maximum absolute atomic E-state index is 13.4. The number of carbonyl (C=O) groups excluding carboxylic acids is 2. The van der Waals surface area contributed by atoms with Crippen LogP contribution in [0.4, 0.5) is 5.69 Å². The Morgan fingerprint density at radius 1 is 1.20 bits per heavy atom. The van der Waals surface area contributed by atoms with Crippen LogP contribution in [0, 0.1) is 6.92 Å². The summed E-state index contributed by atoms with van der Waals surface area (Å²) in [7, 11) is 0. The second-order valence-electron chi connectivity index (χ2n) is 9.33. The molecule has 0 saturated carbocycles. The molecule has 2 N–H and O–H groups in total. The highest BCUT2D eigenvalue weighted by atomic mass is 32.1. The van der Waals surface area contributed by atoms with Gasteiger partial charge in [0.15, 0.2) is 0 Å². The number of carbonyl (C=O) groups is 2. The van der Waals surface area contributed by atoms with Crippen molar-refractivity contribution in [2.24, 2.45) is 0 Å². The first-order valence-electron chi connectivity index (χ1n) is 12.0. The van der Waals surface area contributed by atoms with Gasteiger partial charge in [0.2, 0.25) is 11.8 Å². The van der Waals surface area contributed by atoms with Gasteiger partial charge in [0.1, 0.15) is 12.1 Å². The van der Waals surface area contributed by atoms with Crippen molar-refractivity contribution in [1.82, 2.24) is 15.2 Å². The fourth-order valence-corrected chi connectivity index (χ4v) is 5.92. The normalized spacial score (nSPS) is 20.1. The van der Waals surface area contributed by atoms with Gasteiger partial charge in [0.25, 0.3) is 0 Å². The smallest absolute Gasteiger partial charge is 0.245 e. The second kappa shape index (κ2) is 9.79. The van der Waals surface area contributed by atoms with Crippen LogP contribution in [0.3, 0.4) is 0 Å². The molecule has 3 atom stereocenters. The van der Waals surface area contributed by atoms with Crippen molar-refractivity contribution in [1.29, 1.82) is 0 Å². The largest absolute Gasteiger partial charge is 0.391 e. The van der Waals surface area contributed by atoms with Crippen LogP contribution in [0.2, 0.25) is 0 Å². The van der Waals surface area contributed by atoms with E-state index in [4.69, 9.17) is 0 Å². The first kappa shape index (κ1) is 23.5. The molecule has 1 fully saturated rings. The van der Waals surface area contributed by atoms with E-state index < -0.39 is 18.2 Å². The Bertz CT molecular complexity index is 1230. The van der Waals surface area contributed by atoms with Crippen LogP contribution in [0.15, 0.2) is 54.0 Å². The number of aliphatic hydroxyl groups excluding tert-OH is 1. The van der Waals surface area contributed by atoms with Gasteiger partial charge in [0.05, 0.1) is 22.2 Å². The Labute approximate surface area is 209 Å². The molecule has 0 aliphatic carbocycles. The highest BCUT2D eigenvalue weighted by Crippen LogP contribution is 2.31. The first-order valence-corrected chi connectivity index (χ1v) is 12.9. The standard InChI is InChI=1S/C27H30N4O3S/c1-17-25(35-16-29-17)21-9-7-19(8-10-21)14-28-26(33)24-13-22(32)15-31(24)27(34)18(2)30-12-11-20-5-3-4-6-23(20)30/h3-10,16,18,22,24,32H,11-15H2,1-2H3,(H,28,33)/t18?,22-,24+/m1/s1. The Morgan fingerprint density at radius 3 is 2.71 bits per heavy atom. The molecule has 0 bridgehead atoms. The minimum absolute atomic E-state index is 0.123. The minimum Gasteiger partial charge on any atom is -0.391 e. The number of β-amino-alcohol motifs (C(OH)–C–C–N with tert-alkyl or cyclic N) is 1. The van der Waals surface area contributed by atoms with Crippen LogP contribution >= 0.6 is 11.3 Å². The first-order chi connectivity index (χ1) is 16.9. The average Bonchev–Trinajstić information content (AvgIpc) is 3.60. The lowest BCUT2D eigenvalue weighted by Gasteiger charge is -2.32. The lowest BCUT2D eigenvalue weighted by molar-refractivity contribution is -0.139. The number of aliphatic hydroxyl groups is 1. The molecule has 35 heavy (non-hydrogen) atoms. The number of anilines is 1. The van der Waals surface area contributed by atoms with E-state index in [2.05, 4.69) is 21.3 Å². The summed E-state index contributed by atoms with van der Waals surface area (Å²) in [4.78, 5) is 35.6. The molecule has 2 aromatic carbocycles. The van der Waals surface area contributed by atoms with Crippen molar-refractivity contribution in [2.75, 3.05) is 18.0 Å². The number of thiazole rings is 1. The van der Waals surface area contributed by atoms with E-state index in [-0.39, 0.29) is 24.8 Å². The summed E-state index contributed by atoms with van der Waals surface area (Å²) in [5.74, 6) is -0.353. The zero-order valence-corrected chi connectivity index (χ0v) is 20.8. The maximum atomic E-state index is 13.4. The van der Waals surface area contributed by atoms with Gasteiger partial charge in [-0.1, -0.05) is 42.5 Å². The van der Waals surface area contributed by atoms with Gasteiger partial charge in [-0.05, 0) is 43.0 Å². The zero-order valence-electron chi connectivity index (χ0n) is 20.0. The summed E-state index contributed by atoms with van der Waals surface area (Å²) < 4.78 is 0. The Balaban J connectivity index is 1.23. The number of likely N-dealkylation sites (tertiary alicyclic amines) is 1. The number of aryl methyl sites for hydroxylation is 1. The topological polar surface area (TPSA) is 85.8 Å². The molecule has 2 amide bonds. The molecule has 5 rings (SSSR count). The third kappa shape index (κ3) is 4.68. The lowest BCUT2D eigenvalue weighted by atomic mass is 10.1. The monoisotopic (exact) mass is 490 g/mol. The van der Waals surface area contributed by atoms with Gasteiger partial charge in [-0.3, -0.25) is 9.59 Å². The number of hydrogen-bond donors (Lipinski definition) is 2. The summed E-state index contributed by atoms with van der Waals surface area (Å²) in [6.45, 7) is 5.20. The van der Waals surface area contributed by atoms with Gasteiger partial charge < -0.3 is 20.2 Å². The number of benzene rings is 2. The van der Waals surface area contributed by atoms with E-state index in [1.165, 1.54) is 5.56 Å². The molecule has 182 valence electrons. The summed E-state index contributed by atoms with van der Waals surface area (Å²) in [5, 5.41) is 13.3. The average molecular weight is 491 g/mol. The molecule has 0 spiro atoms. The molecular formula is C27H30N4O3S. The van der Waals surface area contributed by atoms with Crippen molar-refractivity contribution < 1.29 is 14.7 Å². The van der Waals surface area contributed by atoms with Crippen molar-refractivity contribution in [3.8, 4) is 10.4 Å². The summed E-state index contributed by atoms with van der Waals surface area (Å²) in [6.07, 6.45) is 0.460. The molecule has 1 saturated heterocycles. The fourth-order valence-electron chi connectivity index (χ4n) is 5.11. The van der Waals surface area contributed by atoms with E-state index >= 15 is 0 Å². The van der Waals surface area contributed by atoms with E-state index in [0.29, 0.717) is 6.54 Å². The number of nitrogens with zero attached hydrogens (tertiary/aromatic N) is 3. The van der Waals surface area contributed by atoms with Crippen LogP contribution in [-0.4, -0.2) is 58.1 Å². The van der Waals surface area contributed by atoms with Gasteiger partial charge in [-0.2, -0.15) is 0 Å². The predicted molar refractivity (Wildman–Crippen MR) is 137 cm³/mol. The molecule has 2 aliphatic heterocycles. The van der Waals surface area contributed by atoms with E-state index in [9.17, 15) is 14.7 Å². The quantitative estimate of drug-likeness (QED) is 0.555. The second-order valence-corrected chi connectivity index (χ2v) is 10.2. The number of para-hydroxylation sites is 1. The van der Waals surface area contributed by atoms with Crippen LogP contribution < -0.4 is 10.2 Å². The van der Waals surface area contributed by atoms with Crippen LogP contribution in [-0.2, 0) is 22.6 Å². The predicted octanol–water partition coefficient (Wildman–Crippen LogP) is 3.15. The van der Waals surface area contributed by atoms with Crippen LogP contribution in [0.5, 0.6) is 0 Å². The van der Waals surface area contributed by atoms with Gasteiger partial charge >= 0.3 is 0 Å². The van der Waals surface area contributed by atoms with Gasteiger partial charge in [-0.25, -0.2) is 4.98 Å². The van der Waals surface area contributed by atoms with Crippen LogP contribution in [0.1, 0.15) is 30.2 Å². The van der Waals surface area contributed by atoms with E-state index in [0.717, 1.165) is 40.4 Å². The van der Waals surface area contributed by atoms with Crippen molar-refractivity contribution in [3.05, 3.63) is 70.9 Å². The number of rotatable bonds is 6. The highest BCUT2D eigenvalue weighted by Gasteiger charge is 2.42. The van der Waals surface area contributed by atoms with Gasteiger partial charge in [0, 0.05) is 31.7 Å². The van der Waals surface area contributed by atoms with E-state index in [1.54, 1.807) is 16.2 Å². The molecule has 1 unspecified atom stereocenters.